The number of aromatic amines is 1. The third-order valence-corrected chi connectivity index (χ3v) is 4.29. The SMILES string of the molecule is CN1C(=O)/C(=C/c2ccc[nH]2)SC1=Nc1cccc(C(=O)O)c1. The molecule has 23 heavy (non-hydrogen) atoms. The molecule has 1 aromatic carbocycles. The topological polar surface area (TPSA) is 85.8 Å². The second kappa shape index (κ2) is 6.13. The van der Waals surface area contributed by atoms with Gasteiger partial charge in [0.2, 0.25) is 0 Å². The van der Waals surface area contributed by atoms with Crippen LogP contribution in [0.2, 0.25) is 0 Å². The predicted octanol–water partition coefficient (Wildman–Crippen LogP) is 2.95. The zero-order valence-corrected chi connectivity index (χ0v) is 13.0. The van der Waals surface area contributed by atoms with Gasteiger partial charge in [-0.3, -0.25) is 9.69 Å². The fourth-order valence-electron chi connectivity index (χ4n) is 2.05. The number of carbonyl (C=O) groups is 2. The van der Waals surface area contributed by atoms with Crippen molar-refractivity contribution in [3.63, 3.8) is 0 Å². The molecular weight excluding hydrogens is 314 g/mol. The molecule has 0 atom stereocenters. The lowest BCUT2D eigenvalue weighted by Gasteiger charge is -2.07. The summed E-state index contributed by atoms with van der Waals surface area (Å²) >= 11 is 1.25. The monoisotopic (exact) mass is 327 g/mol. The van der Waals surface area contributed by atoms with Gasteiger partial charge < -0.3 is 10.1 Å². The predicted molar refractivity (Wildman–Crippen MR) is 89.6 cm³/mol. The molecule has 3 rings (SSSR count). The molecule has 1 aliphatic rings. The molecule has 1 aromatic heterocycles. The summed E-state index contributed by atoms with van der Waals surface area (Å²) in [7, 11) is 1.64. The Morgan fingerprint density at radius 3 is 2.87 bits per heavy atom. The summed E-state index contributed by atoms with van der Waals surface area (Å²) in [6.45, 7) is 0. The first-order valence-electron chi connectivity index (χ1n) is 6.77. The van der Waals surface area contributed by atoms with Crippen molar-refractivity contribution in [2.45, 2.75) is 0 Å². The average Bonchev–Trinajstić information content (AvgIpc) is 3.13. The molecule has 0 bridgehead atoms. The number of thioether (sulfide) groups is 1. The summed E-state index contributed by atoms with van der Waals surface area (Å²) in [5.41, 5.74) is 1.49. The molecule has 6 nitrogen and oxygen atoms in total. The summed E-state index contributed by atoms with van der Waals surface area (Å²) in [5, 5.41) is 9.53. The number of H-pyrrole nitrogens is 1. The normalized spacial score (nSPS) is 18.1. The standard InChI is InChI=1S/C16H13N3O3S/c1-19-14(20)13(9-11-6-3-7-17-11)23-16(19)18-12-5-2-4-10(8-12)15(21)22/h2-9,17H,1H3,(H,21,22)/b13-9-,18-16?. The van der Waals surface area contributed by atoms with Crippen molar-refractivity contribution in [3.05, 3.63) is 58.8 Å². The van der Waals surface area contributed by atoms with E-state index in [2.05, 4.69) is 9.98 Å². The first kappa shape index (κ1) is 15.1. The Kier molecular flexibility index (Phi) is 4.03. The van der Waals surface area contributed by atoms with Crippen LogP contribution in [0.25, 0.3) is 6.08 Å². The van der Waals surface area contributed by atoms with Crippen LogP contribution in [0.3, 0.4) is 0 Å². The minimum atomic E-state index is -1.01. The highest BCUT2D eigenvalue weighted by Crippen LogP contribution is 2.32. The fourth-order valence-corrected chi connectivity index (χ4v) is 3.02. The number of benzene rings is 1. The van der Waals surface area contributed by atoms with Gasteiger partial charge in [-0.25, -0.2) is 9.79 Å². The Morgan fingerprint density at radius 2 is 2.17 bits per heavy atom. The molecule has 0 saturated carbocycles. The molecule has 0 unspecified atom stereocenters. The van der Waals surface area contributed by atoms with E-state index in [0.29, 0.717) is 15.8 Å². The second-order valence-electron chi connectivity index (χ2n) is 4.85. The van der Waals surface area contributed by atoms with Crippen molar-refractivity contribution in [3.8, 4) is 0 Å². The summed E-state index contributed by atoms with van der Waals surface area (Å²) in [6, 6.07) is 10.0. The number of hydrogen-bond acceptors (Lipinski definition) is 4. The molecule has 2 aromatic rings. The number of hydrogen-bond donors (Lipinski definition) is 2. The van der Waals surface area contributed by atoms with Crippen molar-refractivity contribution in [1.82, 2.24) is 9.88 Å². The van der Waals surface area contributed by atoms with Gasteiger partial charge in [-0.2, -0.15) is 0 Å². The third-order valence-electron chi connectivity index (χ3n) is 3.23. The average molecular weight is 327 g/mol. The number of likely N-dealkylation sites (N-methyl/N-ethyl adjacent to an activating group) is 1. The molecular formula is C16H13N3O3S. The molecule has 0 aliphatic carbocycles. The van der Waals surface area contributed by atoms with Crippen LogP contribution in [0.4, 0.5) is 5.69 Å². The van der Waals surface area contributed by atoms with Crippen LogP contribution in [-0.2, 0) is 4.79 Å². The highest BCUT2D eigenvalue weighted by Gasteiger charge is 2.30. The largest absolute Gasteiger partial charge is 0.478 e. The van der Waals surface area contributed by atoms with Crippen molar-refractivity contribution in [1.29, 1.82) is 0 Å². The van der Waals surface area contributed by atoms with Gasteiger partial charge in [0.1, 0.15) is 0 Å². The number of carboxylic acids is 1. The minimum absolute atomic E-state index is 0.141. The first-order valence-corrected chi connectivity index (χ1v) is 7.59. The van der Waals surface area contributed by atoms with Crippen molar-refractivity contribution < 1.29 is 14.7 Å². The zero-order valence-electron chi connectivity index (χ0n) is 12.2. The highest BCUT2D eigenvalue weighted by molar-refractivity contribution is 8.18. The van der Waals surface area contributed by atoms with Crippen LogP contribution >= 0.6 is 11.8 Å². The van der Waals surface area contributed by atoms with E-state index in [-0.39, 0.29) is 11.5 Å². The van der Waals surface area contributed by atoms with Crippen LogP contribution in [0.1, 0.15) is 16.1 Å². The Balaban J connectivity index is 1.90. The number of nitrogens with one attached hydrogen (secondary N) is 1. The van der Waals surface area contributed by atoms with E-state index in [9.17, 15) is 9.59 Å². The number of nitrogens with zero attached hydrogens (tertiary/aromatic N) is 2. The van der Waals surface area contributed by atoms with Gasteiger partial charge in [0.15, 0.2) is 5.17 Å². The van der Waals surface area contributed by atoms with E-state index >= 15 is 0 Å². The molecule has 116 valence electrons. The minimum Gasteiger partial charge on any atom is -0.478 e. The summed E-state index contributed by atoms with van der Waals surface area (Å²) in [4.78, 5) is 32.7. The zero-order chi connectivity index (χ0) is 16.4. The van der Waals surface area contributed by atoms with Crippen molar-refractivity contribution >= 4 is 40.6 Å². The van der Waals surface area contributed by atoms with Crippen LogP contribution in [0.5, 0.6) is 0 Å². The number of aromatic carboxylic acids is 1. The molecule has 1 fully saturated rings. The molecule has 1 amide bonds. The Bertz CT molecular complexity index is 825. The molecule has 0 spiro atoms. The maximum atomic E-state index is 12.3. The quantitative estimate of drug-likeness (QED) is 0.849. The lowest BCUT2D eigenvalue weighted by atomic mass is 10.2. The Labute approximate surface area is 136 Å². The fraction of sp³-hybridized carbons (Fsp3) is 0.0625. The molecule has 2 heterocycles. The summed E-state index contributed by atoms with van der Waals surface area (Å²) < 4.78 is 0. The number of carboxylic acid groups (broad SMARTS) is 1. The van der Waals surface area contributed by atoms with E-state index in [1.165, 1.54) is 28.8 Å². The van der Waals surface area contributed by atoms with Crippen LogP contribution in [-0.4, -0.2) is 39.1 Å². The van der Waals surface area contributed by atoms with Crippen molar-refractivity contribution in [2.24, 2.45) is 4.99 Å². The van der Waals surface area contributed by atoms with Crippen LogP contribution in [0.15, 0.2) is 52.5 Å². The van der Waals surface area contributed by atoms with Gasteiger partial charge in [0.25, 0.3) is 5.91 Å². The number of carbonyl (C=O) groups excluding carboxylic acids is 1. The lowest BCUT2D eigenvalue weighted by molar-refractivity contribution is -0.121. The van der Waals surface area contributed by atoms with Crippen LogP contribution < -0.4 is 0 Å². The van der Waals surface area contributed by atoms with Gasteiger partial charge >= 0.3 is 5.97 Å². The van der Waals surface area contributed by atoms with E-state index < -0.39 is 5.97 Å². The molecule has 7 heteroatoms. The third kappa shape index (κ3) is 3.19. The highest BCUT2D eigenvalue weighted by atomic mass is 32.2. The summed E-state index contributed by atoms with van der Waals surface area (Å²) in [5.74, 6) is -1.15. The summed E-state index contributed by atoms with van der Waals surface area (Å²) in [6.07, 6.45) is 3.55. The maximum Gasteiger partial charge on any atom is 0.335 e. The van der Waals surface area contributed by atoms with E-state index in [1.54, 1.807) is 31.5 Å². The van der Waals surface area contributed by atoms with E-state index in [1.807, 2.05) is 12.1 Å². The number of aliphatic imine (C=N–C) groups is 1. The van der Waals surface area contributed by atoms with Gasteiger partial charge in [-0.15, -0.1) is 0 Å². The molecule has 0 radical (unpaired) electrons. The maximum absolute atomic E-state index is 12.3. The Hall–Kier alpha value is -2.80. The smallest absolute Gasteiger partial charge is 0.335 e. The van der Waals surface area contributed by atoms with Gasteiger partial charge in [0.05, 0.1) is 16.2 Å². The van der Waals surface area contributed by atoms with Gasteiger partial charge in [-0.05, 0) is 48.2 Å². The van der Waals surface area contributed by atoms with Crippen molar-refractivity contribution in [2.75, 3.05) is 7.05 Å². The van der Waals surface area contributed by atoms with Crippen LogP contribution in [0, 0.1) is 0 Å². The van der Waals surface area contributed by atoms with E-state index in [4.69, 9.17) is 5.11 Å². The molecule has 1 saturated heterocycles. The molecule has 1 aliphatic heterocycles. The van der Waals surface area contributed by atoms with Gasteiger partial charge in [-0.1, -0.05) is 6.07 Å². The Morgan fingerprint density at radius 1 is 1.35 bits per heavy atom. The van der Waals surface area contributed by atoms with E-state index in [0.717, 1.165) is 5.69 Å². The lowest BCUT2D eigenvalue weighted by Crippen LogP contribution is -2.23. The number of aromatic nitrogens is 1. The number of rotatable bonds is 3. The number of amidine groups is 1. The second-order valence-corrected chi connectivity index (χ2v) is 5.86. The number of amides is 1. The first-order chi connectivity index (χ1) is 11.0. The molecule has 2 N–H and O–H groups in total. The van der Waals surface area contributed by atoms with Gasteiger partial charge in [0, 0.05) is 18.9 Å².